The molecule has 2 N–H and O–H groups in total. The SMILES string of the molecule is CC(CCN(C)C)NC(=O)c1ccc(Cl)cc1O. The molecule has 0 aromatic heterocycles. The molecule has 1 unspecified atom stereocenters. The third-order valence-electron chi connectivity index (χ3n) is 2.59. The minimum absolute atomic E-state index is 0.0509. The van der Waals surface area contributed by atoms with E-state index in [4.69, 9.17) is 11.6 Å². The van der Waals surface area contributed by atoms with E-state index < -0.39 is 0 Å². The Morgan fingerprint density at radius 3 is 2.72 bits per heavy atom. The van der Waals surface area contributed by atoms with E-state index in [1.54, 1.807) is 6.07 Å². The topological polar surface area (TPSA) is 52.6 Å². The van der Waals surface area contributed by atoms with Crippen molar-refractivity contribution >= 4 is 17.5 Å². The number of phenolic OH excluding ortho intramolecular Hbond substituents is 1. The molecule has 0 aliphatic heterocycles. The van der Waals surface area contributed by atoms with E-state index >= 15 is 0 Å². The number of phenols is 1. The minimum atomic E-state index is -0.282. The molecule has 0 saturated heterocycles. The Bertz CT molecular complexity index is 421. The number of hydrogen-bond donors (Lipinski definition) is 2. The maximum Gasteiger partial charge on any atom is 0.255 e. The molecule has 0 fully saturated rings. The number of hydrogen-bond acceptors (Lipinski definition) is 3. The summed E-state index contributed by atoms with van der Waals surface area (Å²) in [6.45, 7) is 2.84. The number of nitrogens with one attached hydrogen (secondary N) is 1. The van der Waals surface area contributed by atoms with E-state index in [0.717, 1.165) is 13.0 Å². The van der Waals surface area contributed by atoms with Gasteiger partial charge in [-0.2, -0.15) is 0 Å². The van der Waals surface area contributed by atoms with Crippen molar-refractivity contribution in [2.24, 2.45) is 0 Å². The maximum atomic E-state index is 11.9. The van der Waals surface area contributed by atoms with Crippen LogP contribution >= 0.6 is 11.6 Å². The van der Waals surface area contributed by atoms with Gasteiger partial charge in [-0.15, -0.1) is 0 Å². The van der Waals surface area contributed by atoms with Gasteiger partial charge in [0.15, 0.2) is 0 Å². The lowest BCUT2D eigenvalue weighted by molar-refractivity contribution is 0.0934. The summed E-state index contributed by atoms with van der Waals surface area (Å²) in [7, 11) is 3.97. The molecule has 1 rings (SSSR count). The van der Waals surface area contributed by atoms with Crippen molar-refractivity contribution in [1.29, 1.82) is 0 Å². The highest BCUT2D eigenvalue weighted by atomic mass is 35.5. The zero-order valence-electron chi connectivity index (χ0n) is 10.9. The number of aromatic hydroxyl groups is 1. The van der Waals surface area contributed by atoms with Crippen LogP contribution in [-0.4, -0.2) is 42.6 Å². The van der Waals surface area contributed by atoms with Gasteiger partial charge in [-0.1, -0.05) is 11.6 Å². The van der Waals surface area contributed by atoms with Crippen LogP contribution in [0.1, 0.15) is 23.7 Å². The first-order valence-electron chi connectivity index (χ1n) is 5.84. The molecule has 1 amide bonds. The number of amides is 1. The highest BCUT2D eigenvalue weighted by Crippen LogP contribution is 2.21. The zero-order chi connectivity index (χ0) is 13.7. The van der Waals surface area contributed by atoms with Crippen molar-refractivity contribution in [1.82, 2.24) is 10.2 Å². The van der Waals surface area contributed by atoms with Crippen molar-refractivity contribution in [3.63, 3.8) is 0 Å². The monoisotopic (exact) mass is 270 g/mol. The molecule has 1 aromatic rings. The minimum Gasteiger partial charge on any atom is -0.507 e. The Morgan fingerprint density at radius 2 is 2.17 bits per heavy atom. The lowest BCUT2D eigenvalue weighted by atomic mass is 10.1. The van der Waals surface area contributed by atoms with Crippen molar-refractivity contribution in [2.45, 2.75) is 19.4 Å². The summed E-state index contributed by atoms with van der Waals surface area (Å²) in [6.07, 6.45) is 0.854. The summed E-state index contributed by atoms with van der Waals surface area (Å²) in [5.74, 6) is -0.379. The summed E-state index contributed by atoms with van der Waals surface area (Å²) < 4.78 is 0. The maximum absolute atomic E-state index is 11.9. The predicted octanol–water partition coefficient (Wildman–Crippen LogP) is 2.12. The second-order valence-corrected chi connectivity index (χ2v) is 5.06. The van der Waals surface area contributed by atoms with Gasteiger partial charge in [0.2, 0.25) is 0 Å². The molecule has 0 bridgehead atoms. The van der Waals surface area contributed by atoms with Gasteiger partial charge in [0.25, 0.3) is 5.91 Å². The third kappa shape index (κ3) is 4.55. The number of nitrogens with zero attached hydrogens (tertiary/aromatic N) is 1. The normalized spacial score (nSPS) is 12.5. The number of halogens is 1. The van der Waals surface area contributed by atoms with E-state index in [1.165, 1.54) is 12.1 Å². The van der Waals surface area contributed by atoms with Gasteiger partial charge >= 0.3 is 0 Å². The van der Waals surface area contributed by atoms with E-state index in [0.29, 0.717) is 5.02 Å². The van der Waals surface area contributed by atoms with Gasteiger partial charge in [-0.3, -0.25) is 4.79 Å². The van der Waals surface area contributed by atoms with Crippen LogP contribution in [0, 0.1) is 0 Å². The molecule has 100 valence electrons. The summed E-state index contributed by atoms with van der Waals surface area (Å²) in [5, 5.41) is 12.9. The lowest BCUT2D eigenvalue weighted by Gasteiger charge is -2.17. The number of carbonyl (C=O) groups is 1. The molecule has 0 aliphatic rings. The Balaban J connectivity index is 2.59. The largest absolute Gasteiger partial charge is 0.507 e. The third-order valence-corrected chi connectivity index (χ3v) is 2.83. The number of rotatable bonds is 5. The molecule has 0 aliphatic carbocycles. The van der Waals surface area contributed by atoms with Gasteiger partial charge in [-0.25, -0.2) is 0 Å². The van der Waals surface area contributed by atoms with E-state index in [1.807, 2.05) is 21.0 Å². The van der Waals surface area contributed by atoms with E-state index in [-0.39, 0.29) is 23.3 Å². The Hall–Kier alpha value is -1.26. The number of benzene rings is 1. The fourth-order valence-corrected chi connectivity index (χ4v) is 1.69. The first-order chi connectivity index (χ1) is 8.40. The smallest absolute Gasteiger partial charge is 0.255 e. The van der Waals surface area contributed by atoms with Crippen LogP contribution in [0.25, 0.3) is 0 Å². The molecular weight excluding hydrogens is 252 g/mol. The summed E-state index contributed by atoms with van der Waals surface area (Å²) in [5.41, 5.74) is 0.246. The summed E-state index contributed by atoms with van der Waals surface area (Å²) >= 11 is 5.71. The van der Waals surface area contributed by atoms with Crippen LogP contribution in [0.15, 0.2) is 18.2 Å². The summed E-state index contributed by atoms with van der Waals surface area (Å²) in [4.78, 5) is 14.0. The quantitative estimate of drug-likeness (QED) is 0.862. The van der Waals surface area contributed by atoms with E-state index in [9.17, 15) is 9.90 Å². The highest BCUT2D eigenvalue weighted by molar-refractivity contribution is 6.30. The fraction of sp³-hybridized carbons (Fsp3) is 0.462. The van der Waals surface area contributed by atoms with Gasteiger partial charge in [0.1, 0.15) is 5.75 Å². The molecule has 1 aromatic carbocycles. The molecule has 4 nitrogen and oxygen atoms in total. The second-order valence-electron chi connectivity index (χ2n) is 4.63. The van der Waals surface area contributed by atoms with Gasteiger partial charge in [0, 0.05) is 11.1 Å². The van der Waals surface area contributed by atoms with Crippen LogP contribution in [0.4, 0.5) is 0 Å². The van der Waals surface area contributed by atoms with Crippen molar-refractivity contribution in [3.8, 4) is 5.75 Å². The molecule has 0 radical (unpaired) electrons. The Kier molecular flexibility index (Phi) is 5.44. The van der Waals surface area contributed by atoms with Crippen molar-refractivity contribution in [2.75, 3.05) is 20.6 Å². The molecule has 1 atom stereocenters. The first-order valence-corrected chi connectivity index (χ1v) is 6.22. The fourth-order valence-electron chi connectivity index (χ4n) is 1.52. The average molecular weight is 271 g/mol. The van der Waals surface area contributed by atoms with Crippen LogP contribution in [0.5, 0.6) is 5.75 Å². The standard InChI is InChI=1S/C13H19ClN2O2/c1-9(6-7-16(2)3)15-13(18)11-5-4-10(14)8-12(11)17/h4-5,8-9,17H,6-7H2,1-3H3,(H,15,18). The number of carbonyl (C=O) groups excluding carboxylic acids is 1. The van der Waals surface area contributed by atoms with Crippen molar-refractivity contribution in [3.05, 3.63) is 28.8 Å². The predicted molar refractivity (Wildman–Crippen MR) is 73.2 cm³/mol. The molecule has 0 spiro atoms. The van der Waals surface area contributed by atoms with Crippen LogP contribution < -0.4 is 5.32 Å². The van der Waals surface area contributed by atoms with Crippen LogP contribution in [-0.2, 0) is 0 Å². The van der Waals surface area contributed by atoms with Gasteiger partial charge < -0.3 is 15.3 Å². The first kappa shape index (κ1) is 14.8. The molecular formula is C13H19ClN2O2. The Morgan fingerprint density at radius 1 is 1.50 bits per heavy atom. The van der Waals surface area contributed by atoms with Crippen LogP contribution in [0.2, 0.25) is 5.02 Å². The second kappa shape index (κ2) is 6.61. The zero-order valence-corrected chi connectivity index (χ0v) is 11.7. The van der Waals surface area contributed by atoms with Crippen molar-refractivity contribution < 1.29 is 9.90 Å². The lowest BCUT2D eigenvalue weighted by Crippen LogP contribution is -2.34. The summed E-state index contributed by atoms with van der Waals surface area (Å²) in [6, 6.07) is 4.52. The van der Waals surface area contributed by atoms with Gasteiger partial charge in [0.05, 0.1) is 5.56 Å². The van der Waals surface area contributed by atoms with Crippen LogP contribution in [0.3, 0.4) is 0 Å². The highest BCUT2D eigenvalue weighted by Gasteiger charge is 2.13. The Labute approximate surface area is 113 Å². The molecule has 18 heavy (non-hydrogen) atoms. The molecule has 0 saturated carbocycles. The molecule has 0 heterocycles. The average Bonchev–Trinajstić information content (AvgIpc) is 2.26. The molecule has 5 heteroatoms. The van der Waals surface area contributed by atoms with Gasteiger partial charge in [-0.05, 0) is 52.2 Å². The van der Waals surface area contributed by atoms with E-state index in [2.05, 4.69) is 10.2 Å².